The number of aliphatic hydroxyl groups excluding tert-OH is 1. The van der Waals surface area contributed by atoms with Gasteiger partial charge in [-0.15, -0.1) is 0 Å². The first-order valence-corrected chi connectivity index (χ1v) is 11.2. The van der Waals surface area contributed by atoms with Crippen LogP contribution in [0.15, 0.2) is 72.3 Å². The number of amides is 1. The molecule has 33 heavy (non-hydrogen) atoms. The maximum atomic E-state index is 13.7. The van der Waals surface area contributed by atoms with Crippen LogP contribution in [0.4, 0.5) is 9.52 Å². The number of fused-ring (bicyclic) bond motifs is 1. The lowest BCUT2D eigenvalue weighted by Crippen LogP contribution is -2.29. The summed E-state index contributed by atoms with van der Waals surface area (Å²) in [4.78, 5) is 32.1. The van der Waals surface area contributed by atoms with Crippen LogP contribution in [0.25, 0.3) is 16.0 Å². The number of Topliss-reactive ketones (excluding diaryl/α,β-unsaturated/α-hetero) is 1. The van der Waals surface area contributed by atoms with Gasteiger partial charge in [0.1, 0.15) is 11.6 Å². The Kier molecular flexibility index (Phi) is 5.23. The zero-order valence-corrected chi connectivity index (χ0v) is 18.8. The van der Waals surface area contributed by atoms with Crippen molar-refractivity contribution >= 4 is 55.7 Å². The van der Waals surface area contributed by atoms with E-state index in [0.29, 0.717) is 26.4 Å². The minimum Gasteiger partial charge on any atom is -0.507 e. The second kappa shape index (κ2) is 8.10. The topological polar surface area (TPSA) is 70.5 Å². The molecule has 1 aliphatic heterocycles. The first-order chi connectivity index (χ1) is 15.8. The highest BCUT2D eigenvalue weighted by Gasteiger charge is 2.48. The van der Waals surface area contributed by atoms with Crippen LogP contribution < -0.4 is 4.90 Å². The molecule has 5 nitrogen and oxygen atoms in total. The molecule has 8 heteroatoms. The van der Waals surface area contributed by atoms with E-state index in [9.17, 15) is 19.1 Å². The number of ketones is 1. The summed E-state index contributed by atoms with van der Waals surface area (Å²) >= 11 is 7.07. The van der Waals surface area contributed by atoms with E-state index in [0.717, 1.165) is 16.9 Å². The Morgan fingerprint density at radius 1 is 1.06 bits per heavy atom. The Bertz CT molecular complexity index is 1450. The van der Waals surface area contributed by atoms with Crippen LogP contribution in [0.1, 0.15) is 22.7 Å². The van der Waals surface area contributed by atoms with Crippen molar-refractivity contribution in [3.63, 3.8) is 0 Å². The Morgan fingerprint density at radius 2 is 1.76 bits per heavy atom. The highest BCUT2D eigenvalue weighted by molar-refractivity contribution is 7.22. The lowest BCUT2D eigenvalue weighted by molar-refractivity contribution is -0.132. The van der Waals surface area contributed by atoms with E-state index < -0.39 is 23.5 Å². The van der Waals surface area contributed by atoms with Gasteiger partial charge in [0.15, 0.2) is 5.13 Å². The molecule has 0 radical (unpaired) electrons. The molecule has 0 aliphatic carbocycles. The number of thiazole rings is 1. The van der Waals surface area contributed by atoms with E-state index in [1.165, 1.54) is 23.1 Å². The van der Waals surface area contributed by atoms with Gasteiger partial charge in [0.25, 0.3) is 5.78 Å². The molecule has 1 saturated heterocycles. The van der Waals surface area contributed by atoms with Gasteiger partial charge in [0, 0.05) is 10.6 Å². The van der Waals surface area contributed by atoms with Crippen molar-refractivity contribution in [2.75, 3.05) is 4.90 Å². The molecule has 1 aliphatic rings. The Morgan fingerprint density at radius 3 is 2.45 bits per heavy atom. The summed E-state index contributed by atoms with van der Waals surface area (Å²) < 4.78 is 14.3. The van der Waals surface area contributed by atoms with Crippen LogP contribution in [0.2, 0.25) is 5.02 Å². The molecular formula is C25H16ClFN2O3S. The molecule has 1 fully saturated rings. The molecule has 1 N–H and O–H groups in total. The predicted molar refractivity (Wildman–Crippen MR) is 127 cm³/mol. The standard InChI is InChI=1S/C25H16ClFN2O3S/c1-13-2-4-14(5-3-13)21-20(22(30)15-6-8-16(26)9-7-15)23(31)24(32)29(21)25-28-18-11-10-17(27)12-19(18)33-25/h2-12,21,30H,1H3/b22-20+/t21-/m1/s1. The molecule has 164 valence electrons. The average molecular weight is 479 g/mol. The van der Waals surface area contributed by atoms with Gasteiger partial charge in [-0.05, 0) is 55.0 Å². The van der Waals surface area contributed by atoms with Crippen molar-refractivity contribution in [1.82, 2.24) is 4.98 Å². The van der Waals surface area contributed by atoms with Gasteiger partial charge in [-0.2, -0.15) is 0 Å². The fourth-order valence-corrected chi connectivity index (χ4v) is 4.99. The van der Waals surface area contributed by atoms with E-state index in [1.807, 2.05) is 19.1 Å². The lowest BCUT2D eigenvalue weighted by Gasteiger charge is -2.23. The third-order valence-corrected chi connectivity index (χ3v) is 6.77. The Balaban J connectivity index is 1.73. The molecule has 1 aromatic heterocycles. The molecule has 1 amide bonds. The Hall–Kier alpha value is -3.55. The maximum Gasteiger partial charge on any atom is 0.301 e. The van der Waals surface area contributed by atoms with E-state index >= 15 is 0 Å². The maximum absolute atomic E-state index is 13.7. The van der Waals surface area contributed by atoms with Crippen molar-refractivity contribution in [2.24, 2.45) is 0 Å². The first-order valence-electron chi connectivity index (χ1n) is 10.0. The van der Waals surface area contributed by atoms with Crippen molar-refractivity contribution in [1.29, 1.82) is 0 Å². The van der Waals surface area contributed by atoms with Gasteiger partial charge in [0.05, 0.1) is 21.8 Å². The van der Waals surface area contributed by atoms with Crippen molar-refractivity contribution in [3.05, 3.63) is 99.8 Å². The number of aryl methyl sites for hydroxylation is 1. The number of nitrogens with zero attached hydrogens (tertiary/aromatic N) is 2. The number of hydrogen-bond acceptors (Lipinski definition) is 5. The van der Waals surface area contributed by atoms with Crippen molar-refractivity contribution in [2.45, 2.75) is 13.0 Å². The third-order valence-electron chi connectivity index (χ3n) is 5.50. The summed E-state index contributed by atoms with van der Waals surface area (Å²) in [7, 11) is 0. The van der Waals surface area contributed by atoms with Crippen LogP contribution in [0.3, 0.4) is 0 Å². The quantitative estimate of drug-likeness (QED) is 0.222. The van der Waals surface area contributed by atoms with E-state index in [-0.39, 0.29) is 16.5 Å². The minimum absolute atomic E-state index is 0.0448. The van der Waals surface area contributed by atoms with Gasteiger partial charge < -0.3 is 5.11 Å². The normalized spacial score (nSPS) is 17.8. The SMILES string of the molecule is Cc1ccc([C@@H]2/C(=C(\O)c3ccc(Cl)cc3)C(=O)C(=O)N2c2nc3ccc(F)cc3s2)cc1. The molecule has 0 spiro atoms. The van der Waals surface area contributed by atoms with Crippen LogP contribution in [-0.4, -0.2) is 21.8 Å². The molecule has 0 saturated carbocycles. The minimum atomic E-state index is -0.897. The number of benzene rings is 3. The number of aromatic nitrogens is 1. The predicted octanol–water partition coefficient (Wildman–Crippen LogP) is 6.02. The number of aliphatic hydroxyl groups is 1. The van der Waals surface area contributed by atoms with Crippen molar-refractivity contribution in [3.8, 4) is 0 Å². The highest BCUT2D eigenvalue weighted by Crippen LogP contribution is 2.44. The van der Waals surface area contributed by atoms with Gasteiger partial charge in [0.2, 0.25) is 0 Å². The number of hydrogen-bond donors (Lipinski definition) is 1. The molecule has 3 aromatic carbocycles. The summed E-state index contributed by atoms with van der Waals surface area (Å²) in [6.07, 6.45) is 0. The molecule has 4 aromatic rings. The molecule has 0 unspecified atom stereocenters. The number of halogens is 2. The molecule has 5 rings (SSSR count). The van der Waals surface area contributed by atoms with E-state index in [1.54, 1.807) is 36.4 Å². The van der Waals surface area contributed by atoms with Crippen LogP contribution in [0.5, 0.6) is 0 Å². The van der Waals surface area contributed by atoms with Crippen LogP contribution >= 0.6 is 22.9 Å². The second-order valence-corrected chi connectivity index (χ2v) is 9.14. The van der Waals surface area contributed by atoms with Crippen LogP contribution in [0, 0.1) is 12.7 Å². The number of carbonyl (C=O) groups excluding carboxylic acids is 2. The lowest BCUT2D eigenvalue weighted by atomic mass is 9.95. The zero-order chi connectivity index (χ0) is 23.3. The van der Waals surface area contributed by atoms with Gasteiger partial charge in [-0.25, -0.2) is 9.37 Å². The molecule has 1 atom stereocenters. The molecule has 2 heterocycles. The molecular weight excluding hydrogens is 463 g/mol. The van der Waals surface area contributed by atoms with Gasteiger partial charge in [-0.3, -0.25) is 14.5 Å². The summed E-state index contributed by atoms with van der Waals surface area (Å²) in [6.45, 7) is 1.93. The largest absolute Gasteiger partial charge is 0.507 e. The van der Waals surface area contributed by atoms with E-state index in [2.05, 4.69) is 4.98 Å². The summed E-state index contributed by atoms with van der Waals surface area (Å²) in [5.74, 6) is -2.35. The highest BCUT2D eigenvalue weighted by atomic mass is 35.5. The molecule has 0 bridgehead atoms. The number of anilines is 1. The number of carbonyl (C=O) groups is 2. The summed E-state index contributed by atoms with van der Waals surface area (Å²) in [5.41, 5.74) is 2.47. The zero-order valence-electron chi connectivity index (χ0n) is 17.3. The first kappa shape index (κ1) is 21.3. The fraction of sp³-hybridized carbons (Fsp3) is 0.0800. The fourth-order valence-electron chi connectivity index (χ4n) is 3.85. The van der Waals surface area contributed by atoms with Gasteiger partial charge >= 0.3 is 5.91 Å². The summed E-state index contributed by atoms with van der Waals surface area (Å²) in [5, 5.41) is 11.8. The third kappa shape index (κ3) is 3.69. The Labute approximate surface area is 197 Å². The second-order valence-electron chi connectivity index (χ2n) is 7.70. The monoisotopic (exact) mass is 478 g/mol. The van der Waals surface area contributed by atoms with Crippen LogP contribution in [-0.2, 0) is 9.59 Å². The smallest absolute Gasteiger partial charge is 0.301 e. The van der Waals surface area contributed by atoms with Crippen molar-refractivity contribution < 1.29 is 19.1 Å². The summed E-state index contributed by atoms with van der Waals surface area (Å²) in [6, 6.07) is 16.9. The number of rotatable bonds is 3. The van der Waals surface area contributed by atoms with Gasteiger partial charge in [-0.1, -0.05) is 52.8 Å². The van der Waals surface area contributed by atoms with E-state index in [4.69, 9.17) is 11.6 Å². The average Bonchev–Trinajstić information content (AvgIpc) is 3.32.